The molecule has 21 heteroatoms. The maximum atomic E-state index is 15.2. The Morgan fingerprint density at radius 3 is 1.88 bits per heavy atom. The van der Waals surface area contributed by atoms with Crippen molar-refractivity contribution in [1.29, 1.82) is 0 Å². The largest absolute Gasteiger partial charge is 0.508 e. The Bertz CT molecular complexity index is 2460. The van der Waals surface area contributed by atoms with Gasteiger partial charge in [0.25, 0.3) is 0 Å². The average molecular weight is 1010 g/mol. The van der Waals surface area contributed by atoms with Gasteiger partial charge in [-0.25, -0.2) is 4.79 Å². The predicted molar refractivity (Wildman–Crippen MR) is 263 cm³/mol. The summed E-state index contributed by atoms with van der Waals surface area (Å²) in [5.74, 6) is -8.96. The first kappa shape index (κ1) is 56.4. The number of carboxylic acid groups (broad SMARTS) is 1. The number of carboxylic acids is 1. The van der Waals surface area contributed by atoms with Crippen LogP contribution in [-0.4, -0.2) is 159 Å². The summed E-state index contributed by atoms with van der Waals surface area (Å²) in [6.45, 7) is 6.17. The number of carbonyl (C=O) groups excluding carboxylic acids is 8. The molecule has 5 rings (SSSR count). The van der Waals surface area contributed by atoms with E-state index in [0.717, 1.165) is 14.7 Å². The minimum atomic E-state index is -1.88. The predicted octanol–water partition coefficient (Wildman–Crippen LogP) is 1.21. The molecule has 9 atom stereocenters. The Hall–Kier alpha value is -7.55. The second kappa shape index (κ2) is 25.7. The number of carbonyl (C=O) groups is 9. The van der Waals surface area contributed by atoms with Gasteiger partial charge in [0.1, 0.15) is 66.1 Å². The molecular weight excluding hydrogens is 947 g/mol. The van der Waals surface area contributed by atoms with Crippen molar-refractivity contribution in [2.45, 2.75) is 134 Å². The molecule has 0 aliphatic carbocycles. The summed E-state index contributed by atoms with van der Waals surface area (Å²) < 4.78 is 11.2. The lowest BCUT2D eigenvalue weighted by Crippen LogP contribution is -2.65. The number of phenols is 1. The van der Waals surface area contributed by atoms with Gasteiger partial charge in [0.15, 0.2) is 0 Å². The first-order valence-electron chi connectivity index (χ1n) is 24.2. The maximum absolute atomic E-state index is 15.2. The van der Waals surface area contributed by atoms with Crippen LogP contribution in [0.25, 0.3) is 0 Å². The first-order valence-corrected chi connectivity index (χ1v) is 24.2. The number of esters is 1. The quantitative estimate of drug-likeness (QED) is 0.105. The van der Waals surface area contributed by atoms with E-state index < -0.39 is 120 Å². The molecule has 2 aliphatic rings. The average Bonchev–Trinajstić information content (AvgIpc) is 3.35. The zero-order chi connectivity index (χ0) is 53.7. The second-order valence-corrected chi connectivity index (χ2v) is 18.7. The molecule has 7 N–H and O–H groups in total. The number of phenolic OH excluding ortho intramolecular Hbond substituents is 1. The standard InChI is InChI=1S/C52H67N7O14/c1-8-12-41(61)53-37(28-43(63)64)46(65)56-45-30(4)73-52(71)44(29(2)3)55-48(67)39(26-33-17-21-35(72-7)22-18-33)57(5)50(69)40(27-31-13-10-9-11-14-31)59-42(62)24-23-36(49(59)68)54-47(66)38(58(6)51(45)70)25-32-15-19-34(60)20-16-32/h9-11,13-22,29-30,36-40,42,44-45,60,62H,8,12,23-28H2,1-7H3,(H,53,61)(H,54,66)(H,55,67)(H,56,65)(H,63,64). The molecule has 2 fully saturated rings. The number of cyclic esters (lactones) is 1. The number of aliphatic carboxylic acids is 1. The summed E-state index contributed by atoms with van der Waals surface area (Å²) in [6.07, 6.45) is -4.46. The molecule has 3 aromatic carbocycles. The number of ether oxygens (including phenoxy) is 2. The number of amides is 7. The molecule has 394 valence electrons. The third-order valence-electron chi connectivity index (χ3n) is 13.0. The molecular formula is C52H67N7O14. The van der Waals surface area contributed by atoms with Gasteiger partial charge in [0, 0.05) is 39.8 Å². The fourth-order valence-corrected chi connectivity index (χ4v) is 8.81. The highest BCUT2D eigenvalue weighted by Gasteiger charge is 2.46. The molecule has 2 heterocycles. The van der Waals surface area contributed by atoms with Gasteiger partial charge in [-0.2, -0.15) is 0 Å². The van der Waals surface area contributed by atoms with Gasteiger partial charge in [0.2, 0.25) is 41.4 Å². The fourth-order valence-electron chi connectivity index (χ4n) is 8.81. The van der Waals surface area contributed by atoms with E-state index in [4.69, 9.17) is 9.47 Å². The third kappa shape index (κ3) is 14.8. The molecule has 0 saturated carbocycles. The molecule has 0 radical (unpaired) electrons. The highest BCUT2D eigenvalue weighted by atomic mass is 16.5. The van der Waals surface area contributed by atoms with Gasteiger partial charge >= 0.3 is 11.9 Å². The van der Waals surface area contributed by atoms with E-state index in [1.54, 1.807) is 75.4 Å². The number of fused-ring (bicyclic) bond motifs is 2. The summed E-state index contributed by atoms with van der Waals surface area (Å²) in [4.78, 5) is 131. The molecule has 2 aliphatic heterocycles. The Labute approximate surface area is 423 Å². The van der Waals surface area contributed by atoms with E-state index in [0.29, 0.717) is 28.9 Å². The van der Waals surface area contributed by atoms with Gasteiger partial charge in [-0.05, 0) is 73.1 Å². The van der Waals surface area contributed by atoms with E-state index in [-0.39, 0.29) is 44.3 Å². The summed E-state index contributed by atoms with van der Waals surface area (Å²) in [5, 5.41) is 41.8. The Balaban J connectivity index is 1.68. The summed E-state index contributed by atoms with van der Waals surface area (Å²) >= 11 is 0. The van der Waals surface area contributed by atoms with Crippen molar-refractivity contribution < 1.29 is 67.9 Å². The molecule has 9 unspecified atom stereocenters. The van der Waals surface area contributed by atoms with Crippen LogP contribution in [0.15, 0.2) is 78.9 Å². The van der Waals surface area contributed by atoms with Crippen molar-refractivity contribution in [3.8, 4) is 11.5 Å². The van der Waals surface area contributed by atoms with E-state index in [1.165, 1.54) is 52.4 Å². The van der Waals surface area contributed by atoms with Gasteiger partial charge in [-0.1, -0.05) is 75.4 Å². The van der Waals surface area contributed by atoms with Gasteiger partial charge < -0.3 is 60.8 Å². The van der Waals surface area contributed by atoms with Crippen molar-refractivity contribution in [3.05, 3.63) is 95.6 Å². The van der Waals surface area contributed by atoms with Crippen LogP contribution in [-0.2, 0) is 67.2 Å². The second-order valence-electron chi connectivity index (χ2n) is 18.7. The zero-order valence-electron chi connectivity index (χ0n) is 42.1. The number of hydrogen-bond donors (Lipinski definition) is 7. The number of nitrogens with one attached hydrogen (secondary N) is 4. The summed E-state index contributed by atoms with van der Waals surface area (Å²) in [6, 6.07) is 10.3. The highest BCUT2D eigenvalue weighted by Crippen LogP contribution is 2.26. The van der Waals surface area contributed by atoms with Crippen LogP contribution in [0.2, 0.25) is 0 Å². The van der Waals surface area contributed by atoms with Crippen molar-refractivity contribution in [2.24, 2.45) is 5.92 Å². The third-order valence-corrected chi connectivity index (χ3v) is 13.0. The van der Waals surface area contributed by atoms with Gasteiger partial charge in [-0.3, -0.25) is 38.4 Å². The minimum Gasteiger partial charge on any atom is -0.508 e. The fraction of sp³-hybridized carbons (Fsp3) is 0.481. The number of hydrogen-bond acceptors (Lipinski definition) is 13. The molecule has 0 aromatic heterocycles. The number of aliphatic hydroxyl groups excluding tert-OH is 1. The monoisotopic (exact) mass is 1010 g/mol. The van der Waals surface area contributed by atoms with Crippen LogP contribution in [0.4, 0.5) is 0 Å². The normalized spacial score (nSPS) is 24.0. The molecule has 7 amide bonds. The van der Waals surface area contributed by atoms with Crippen LogP contribution >= 0.6 is 0 Å². The summed E-state index contributed by atoms with van der Waals surface area (Å²) in [7, 11) is 4.08. The van der Waals surface area contributed by atoms with Gasteiger partial charge in [-0.15, -0.1) is 0 Å². The Kier molecular flexibility index (Phi) is 19.9. The lowest BCUT2D eigenvalue weighted by atomic mass is 9.95. The SMILES string of the molecule is CCCC(=O)NC(CC(=O)O)C(=O)NC1C(=O)N(C)C(Cc2ccc(O)cc2)C(=O)NC2CCC(O)N(C2=O)C(Cc2ccccc2)C(=O)N(C)C(Cc2ccc(OC)cc2)C(=O)NC(C(C)C)C(=O)OC1C. The summed E-state index contributed by atoms with van der Waals surface area (Å²) in [5.41, 5.74) is 1.60. The van der Waals surface area contributed by atoms with E-state index in [2.05, 4.69) is 21.3 Å². The number of nitrogens with zero attached hydrogens (tertiary/aromatic N) is 3. The number of likely N-dealkylation sites (N-methyl/N-ethyl adjacent to an activating group) is 2. The van der Waals surface area contributed by atoms with E-state index in [1.807, 2.05) is 0 Å². The zero-order valence-corrected chi connectivity index (χ0v) is 42.1. The van der Waals surface area contributed by atoms with Crippen molar-refractivity contribution >= 4 is 53.3 Å². The van der Waals surface area contributed by atoms with E-state index >= 15 is 9.59 Å². The molecule has 2 saturated heterocycles. The van der Waals surface area contributed by atoms with Gasteiger partial charge in [0.05, 0.1) is 13.5 Å². The molecule has 0 spiro atoms. The van der Waals surface area contributed by atoms with E-state index in [9.17, 15) is 48.9 Å². The van der Waals surface area contributed by atoms with Crippen LogP contribution in [0.1, 0.15) is 76.5 Å². The van der Waals surface area contributed by atoms with Crippen molar-refractivity contribution in [1.82, 2.24) is 36.0 Å². The van der Waals surface area contributed by atoms with Crippen LogP contribution in [0.3, 0.4) is 0 Å². The Morgan fingerprint density at radius 1 is 0.767 bits per heavy atom. The highest BCUT2D eigenvalue weighted by molar-refractivity contribution is 5.99. The lowest BCUT2D eigenvalue weighted by molar-refractivity contribution is -0.165. The number of aromatic hydroxyl groups is 1. The first-order chi connectivity index (χ1) is 34.6. The smallest absolute Gasteiger partial charge is 0.329 e. The maximum Gasteiger partial charge on any atom is 0.329 e. The molecule has 3 aromatic rings. The molecule has 21 nitrogen and oxygen atoms in total. The number of benzene rings is 3. The Morgan fingerprint density at radius 2 is 1.32 bits per heavy atom. The number of aliphatic hydroxyl groups is 1. The minimum absolute atomic E-state index is 0.0579. The topological polar surface area (TPSA) is 291 Å². The van der Waals surface area contributed by atoms with Crippen LogP contribution in [0.5, 0.6) is 11.5 Å². The van der Waals surface area contributed by atoms with Crippen molar-refractivity contribution in [3.63, 3.8) is 0 Å². The number of rotatable bonds is 15. The van der Waals surface area contributed by atoms with Crippen LogP contribution < -0.4 is 26.0 Å². The van der Waals surface area contributed by atoms with Crippen LogP contribution in [0, 0.1) is 5.92 Å². The lowest BCUT2D eigenvalue weighted by Gasteiger charge is -2.43. The number of piperidine rings is 1. The number of methoxy groups -OCH3 is 1. The molecule has 2 bridgehead atoms. The molecule has 73 heavy (non-hydrogen) atoms. The van der Waals surface area contributed by atoms with Crippen molar-refractivity contribution in [2.75, 3.05) is 21.2 Å².